The zero-order chi connectivity index (χ0) is 30.2. The molecule has 0 radical (unpaired) electrons. The lowest BCUT2D eigenvalue weighted by Crippen LogP contribution is -2.16. The van der Waals surface area contributed by atoms with E-state index < -0.39 is 9.84 Å². The van der Waals surface area contributed by atoms with E-state index in [1.807, 2.05) is 63.2 Å². The Kier molecular flexibility index (Phi) is 7.98. The maximum Gasteiger partial charge on any atom is 0.257 e. The number of nitrogens with zero attached hydrogens (tertiary/aromatic N) is 1. The molecule has 0 saturated heterocycles. The Bertz CT molecular complexity index is 1680. The third-order valence-corrected chi connectivity index (χ3v) is 8.39. The van der Waals surface area contributed by atoms with Crippen molar-refractivity contribution in [1.29, 1.82) is 0 Å². The topological polar surface area (TPSA) is 114 Å². The molecule has 5 rings (SSSR count). The molecule has 2 N–H and O–H groups in total. The van der Waals surface area contributed by atoms with Crippen LogP contribution in [0.15, 0.2) is 54.2 Å². The molecule has 1 amide bonds. The van der Waals surface area contributed by atoms with Crippen LogP contribution in [0.5, 0.6) is 5.75 Å². The minimum atomic E-state index is -3.33. The van der Waals surface area contributed by atoms with Crippen molar-refractivity contribution in [1.82, 2.24) is 4.98 Å². The smallest absolute Gasteiger partial charge is 0.257 e. The van der Waals surface area contributed by atoms with E-state index in [0.717, 1.165) is 35.3 Å². The number of anilines is 2. The number of nitrogens with one attached hydrogen (secondary N) is 2. The Morgan fingerprint density at radius 3 is 2.43 bits per heavy atom. The largest absolute Gasteiger partial charge is 0.496 e. The molecular formula is C33H37N3O5S. The molecule has 42 heavy (non-hydrogen) atoms. The van der Waals surface area contributed by atoms with Gasteiger partial charge in [0.1, 0.15) is 11.6 Å². The van der Waals surface area contributed by atoms with Crippen LogP contribution in [-0.2, 0) is 38.6 Å². The first-order valence-electron chi connectivity index (χ1n) is 14.1. The van der Waals surface area contributed by atoms with Gasteiger partial charge in [-0.1, -0.05) is 45.0 Å². The maximum absolute atomic E-state index is 13.6. The minimum Gasteiger partial charge on any atom is -0.496 e. The standard InChI is InChI=1S/C33H37N3O5S/c1-33(2,3)25-14-23(31(41-4)24(15-25)19-42(5,39)40)17-29(37)22-13-20-7-6-8-28(27(20)16-22)36-32(38)21-9-12-30(34-18-21)35-26-10-11-26/h6-9,12-15,18,26H,10-11,16-17,19H2,1-5H3,(H,34,35)(H,36,38). The fraction of sp³-hybridized carbons (Fsp3) is 0.364. The number of fused-ring (bicyclic) bond motifs is 1. The van der Waals surface area contributed by atoms with Crippen molar-refractivity contribution in [3.05, 3.63) is 87.6 Å². The Hall–Kier alpha value is -3.98. The first kappa shape index (κ1) is 29.5. The van der Waals surface area contributed by atoms with Crippen molar-refractivity contribution in [3.63, 3.8) is 0 Å². The molecule has 0 atom stereocenters. The Morgan fingerprint density at radius 2 is 1.81 bits per heavy atom. The minimum absolute atomic E-state index is 0.0677. The van der Waals surface area contributed by atoms with E-state index in [9.17, 15) is 18.0 Å². The molecule has 0 bridgehead atoms. The van der Waals surface area contributed by atoms with E-state index in [4.69, 9.17) is 4.74 Å². The molecular weight excluding hydrogens is 550 g/mol. The lowest BCUT2D eigenvalue weighted by molar-refractivity contribution is -0.115. The van der Waals surface area contributed by atoms with Crippen molar-refractivity contribution in [3.8, 4) is 5.75 Å². The van der Waals surface area contributed by atoms with Gasteiger partial charge in [0.2, 0.25) is 0 Å². The molecule has 8 nitrogen and oxygen atoms in total. The molecule has 0 unspecified atom stereocenters. The number of amides is 1. The summed E-state index contributed by atoms with van der Waals surface area (Å²) in [6.07, 6.45) is 7.35. The van der Waals surface area contributed by atoms with Crippen molar-refractivity contribution < 1.29 is 22.7 Å². The van der Waals surface area contributed by atoms with Gasteiger partial charge in [-0.3, -0.25) is 9.59 Å². The number of carbonyl (C=O) groups excluding carboxylic acids is 2. The van der Waals surface area contributed by atoms with Gasteiger partial charge in [0.25, 0.3) is 5.91 Å². The van der Waals surface area contributed by atoms with Crippen LogP contribution in [0.3, 0.4) is 0 Å². The van der Waals surface area contributed by atoms with Gasteiger partial charge in [-0.2, -0.15) is 0 Å². The van der Waals surface area contributed by atoms with Gasteiger partial charge in [0, 0.05) is 53.7 Å². The van der Waals surface area contributed by atoms with E-state index in [2.05, 4.69) is 15.6 Å². The molecule has 1 heterocycles. The quantitative estimate of drug-likeness (QED) is 0.321. The number of ether oxygens (including phenoxy) is 1. The Morgan fingerprint density at radius 1 is 1.07 bits per heavy atom. The lowest BCUT2D eigenvalue weighted by Gasteiger charge is -2.23. The van der Waals surface area contributed by atoms with Crippen molar-refractivity contribution in [2.24, 2.45) is 0 Å². The highest BCUT2D eigenvalue weighted by molar-refractivity contribution is 7.89. The van der Waals surface area contributed by atoms with Crippen LogP contribution < -0.4 is 15.4 Å². The highest BCUT2D eigenvalue weighted by Gasteiger charge is 2.26. The van der Waals surface area contributed by atoms with Crippen LogP contribution in [0.25, 0.3) is 6.08 Å². The first-order chi connectivity index (χ1) is 19.8. The summed E-state index contributed by atoms with van der Waals surface area (Å²) in [5.41, 5.74) is 5.37. The zero-order valence-corrected chi connectivity index (χ0v) is 25.5. The second-order valence-corrected chi connectivity index (χ2v) is 14.4. The molecule has 2 aliphatic rings. The number of hydrogen-bond donors (Lipinski definition) is 2. The van der Waals surface area contributed by atoms with Crippen LogP contribution >= 0.6 is 0 Å². The highest BCUT2D eigenvalue weighted by Crippen LogP contribution is 2.36. The number of allylic oxidation sites excluding steroid dienone is 1. The van der Waals surface area contributed by atoms with E-state index in [1.54, 1.807) is 12.3 Å². The van der Waals surface area contributed by atoms with E-state index in [1.165, 1.54) is 13.4 Å². The Labute approximate surface area is 247 Å². The lowest BCUT2D eigenvalue weighted by atomic mass is 9.84. The van der Waals surface area contributed by atoms with E-state index in [-0.39, 0.29) is 29.3 Å². The molecule has 1 saturated carbocycles. The molecule has 9 heteroatoms. The average Bonchev–Trinajstić information content (AvgIpc) is 3.61. The predicted molar refractivity (Wildman–Crippen MR) is 166 cm³/mol. The van der Waals surface area contributed by atoms with Crippen LogP contribution in [0.1, 0.15) is 71.8 Å². The number of Topliss-reactive ketones (excluding diaryl/α,β-unsaturated/α-hetero) is 1. The number of sulfone groups is 1. The number of aromatic nitrogens is 1. The van der Waals surface area contributed by atoms with Crippen molar-refractivity contribution >= 4 is 39.1 Å². The molecule has 0 spiro atoms. The summed E-state index contributed by atoms with van der Waals surface area (Å²) >= 11 is 0. The van der Waals surface area contributed by atoms with Crippen LogP contribution in [0.2, 0.25) is 0 Å². The fourth-order valence-electron chi connectivity index (χ4n) is 5.16. The van der Waals surface area contributed by atoms with Gasteiger partial charge in [-0.15, -0.1) is 0 Å². The summed E-state index contributed by atoms with van der Waals surface area (Å²) in [4.78, 5) is 31.0. The van der Waals surface area contributed by atoms with Gasteiger partial charge in [-0.05, 0) is 59.2 Å². The summed E-state index contributed by atoms with van der Waals surface area (Å²) in [6, 6.07) is 13.5. The summed E-state index contributed by atoms with van der Waals surface area (Å²) in [7, 11) is -1.83. The van der Waals surface area contributed by atoms with Gasteiger partial charge in [-0.25, -0.2) is 13.4 Å². The monoisotopic (exact) mass is 587 g/mol. The molecule has 3 aromatic rings. The Balaban J connectivity index is 1.34. The second-order valence-electron chi connectivity index (χ2n) is 12.3. The fourth-order valence-corrected chi connectivity index (χ4v) is 5.94. The maximum atomic E-state index is 13.6. The molecule has 1 fully saturated rings. The predicted octanol–water partition coefficient (Wildman–Crippen LogP) is 5.51. The summed E-state index contributed by atoms with van der Waals surface area (Å²) in [5.74, 6) is 0.665. The van der Waals surface area contributed by atoms with Gasteiger partial charge >= 0.3 is 0 Å². The number of hydrogen-bond acceptors (Lipinski definition) is 7. The van der Waals surface area contributed by atoms with E-state index in [0.29, 0.717) is 46.2 Å². The number of pyridine rings is 1. The van der Waals surface area contributed by atoms with Gasteiger partial charge < -0.3 is 15.4 Å². The molecule has 2 aromatic carbocycles. The number of ketones is 1. The van der Waals surface area contributed by atoms with Crippen molar-refractivity contribution in [2.45, 2.75) is 63.7 Å². The summed E-state index contributed by atoms with van der Waals surface area (Å²) < 4.78 is 30.0. The second kappa shape index (κ2) is 11.4. The van der Waals surface area contributed by atoms with Crippen molar-refractivity contribution in [2.75, 3.05) is 24.0 Å². The van der Waals surface area contributed by atoms with Crippen LogP contribution in [-0.4, -0.2) is 44.5 Å². The van der Waals surface area contributed by atoms with Crippen LogP contribution in [0.4, 0.5) is 11.5 Å². The van der Waals surface area contributed by atoms with E-state index >= 15 is 0 Å². The van der Waals surface area contributed by atoms with Gasteiger partial charge in [0.15, 0.2) is 15.6 Å². The third-order valence-electron chi connectivity index (χ3n) is 7.55. The summed E-state index contributed by atoms with van der Waals surface area (Å²) in [5, 5.41) is 6.30. The molecule has 0 aliphatic heterocycles. The molecule has 220 valence electrons. The molecule has 2 aliphatic carbocycles. The number of benzene rings is 2. The van der Waals surface area contributed by atoms with Gasteiger partial charge in [0.05, 0.1) is 18.4 Å². The summed E-state index contributed by atoms with van der Waals surface area (Å²) in [6.45, 7) is 6.14. The normalized spacial score (nSPS) is 14.6. The third kappa shape index (κ3) is 6.90. The zero-order valence-electron chi connectivity index (χ0n) is 24.7. The SMILES string of the molecule is COc1c(CC(=O)C2=Cc3cccc(NC(=O)c4ccc(NC5CC5)nc4)c3C2)cc(C(C)(C)C)cc1CS(C)(=O)=O. The average molecular weight is 588 g/mol. The molecule has 1 aromatic heterocycles. The number of rotatable bonds is 10. The number of carbonyl (C=O) groups is 2. The number of methoxy groups -OCH3 is 1. The highest BCUT2D eigenvalue weighted by atomic mass is 32.2. The van der Waals surface area contributed by atoms with Crippen LogP contribution in [0, 0.1) is 0 Å². The first-order valence-corrected chi connectivity index (χ1v) is 16.1.